The van der Waals surface area contributed by atoms with Crippen LogP contribution in [0.3, 0.4) is 0 Å². The third kappa shape index (κ3) is 4.17. The molecule has 0 amide bonds. The lowest BCUT2D eigenvalue weighted by molar-refractivity contribution is 0.0958. The first-order chi connectivity index (χ1) is 15.6. The average Bonchev–Trinajstić information content (AvgIpc) is 3.29. The van der Waals surface area contributed by atoms with E-state index in [1.54, 1.807) is 6.20 Å². The van der Waals surface area contributed by atoms with E-state index in [1.165, 1.54) is 5.69 Å². The van der Waals surface area contributed by atoms with Gasteiger partial charge in [0.25, 0.3) is 6.43 Å². The van der Waals surface area contributed by atoms with Crippen molar-refractivity contribution in [2.75, 3.05) is 62.2 Å². The van der Waals surface area contributed by atoms with Gasteiger partial charge in [-0.05, 0) is 36.4 Å². The fraction of sp³-hybridized carbons (Fsp3) is 0.458. The van der Waals surface area contributed by atoms with Gasteiger partial charge in [-0.2, -0.15) is 5.10 Å². The first-order valence-electron chi connectivity index (χ1n) is 11.4. The second-order valence-corrected chi connectivity index (χ2v) is 8.58. The molecule has 32 heavy (non-hydrogen) atoms. The van der Waals surface area contributed by atoms with Crippen LogP contribution < -0.4 is 15.1 Å². The molecule has 4 heterocycles. The summed E-state index contributed by atoms with van der Waals surface area (Å²) >= 11 is 0. The van der Waals surface area contributed by atoms with Crippen LogP contribution in [0.1, 0.15) is 6.92 Å². The predicted molar refractivity (Wildman–Crippen MR) is 125 cm³/mol. The lowest BCUT2D eigenvalue weighted by atomic mass is 10.1. The number of likely N-dealkylation sites (N-methyl/N-ethyl adjacent to an activating group) is 1. The van der Waals surface area contributed by atoms with E-state index in [2.05, 4.69) is 57.5 Å². The Balaban J connectivity index is 1.37. The molecular formula is C24H30F2N6. The van der Waals surface area contributed by atoms with E-state index in [0.717, 1.165) is 55.1 Å². The molecule has 5 rings (SSSR count). The highest BCUT2D eigenvalue weighted by Crippen LogP contribution is 2.30. The van der Waals surface area contributed by atoms with Crippen molar-refractivity contribution in [1.82, 2.24) is 19.8 Å². The maximum Gasteiger partial charge on any atom is 0.255 e. The zero-order valence-corrected chi connectivity index (χ0v) is 18.4. The molecule has 2 aromatic heterocycles. The summed E-state index contributed by atoms with van der Waals surface area (Å²) in [5.41, 5.74) is 5.35. The minimum Gasteiger partial charge on any atom is -0.369 e. The summed E-state index contributed by atoms with van der Waals surface area (Å²) in [7, 11) is 0. The lowest BCUT2D eigenvalue weighted by Crippen LogP contribution is -2.54. The Kier molecular flexibility index (Phi) is 5.97. The second-order valence-electron chi connectivity index (χ2n) is 8.58. The first-order valence-corrected chi connectivity index (χ1v) is 11.4. The number of fused-ring (bicyclic) bond motifs is 1. The van der Waals surface area contributed by atoms with Crippen molar-refractivity contribution in [1.29, 1.82) is 0 Å². The largest absolute Gasteiger partial charge is 0.369 e. The van der Waals surface area contributed by atoms with Crippen LogP contribution in [0.2, 0.25) is 0 Å². The van der Waals surface area contributed by atoms with E-state index < -0.39 is 12.5 Å². The van der Waals surface area contributed by atoms with Gasteiger partial charge in [-0.3, -0.25) is 0 Å². The molecule has 1 unspecified atom stereocenters. The third-order valence-corrected chi connectivity index (χ3v) is 6.72. The Morgan fingerprint density at radius 2 is 1.78 bits per heavy atom. The number of hydrogen-bond acceptors (Lipinski definition) is 5. The van der Waals surface area contributed by atoms with E-state index in [-0.39, 0.29) is 6.54 Å². The van der Waals surface area contributed by atoms with Crippen LogP contribution >= 0.6 is 0 Å². The Labute approximate surface area is 187 Å². The normalized spacial score (nSPS) is 20.4. The Hall–Kier alpha value is -2.71. The molecule has 3 aromatic rings. The predicted octanol–water partition coefficient (Wildman–Crippen LogP) is 3.19. The highest BCUT2D eigenvalue weighted by atomic mass is 19.3. The smallest absolute Gasteiger partial charge is 0.255 e. The molecule has 2 fully saturated rings. The van der Waals surface area contributed by atoms with E-state index in [9.17, 15) is 8.78 Å². The number of hydrogen-bond donors (Lipinski definition) is 1. The SMILES string of the molecule is CCN1CCN(c2ccc(-c3cc4c(N5CCNC(C(F)F)C5)ccnn4c3)cc2)CC1. The van der Waals surface area contributed by atoms with Crippen molar-refractivity contribution in [3.63, 3.8) is 0 Å². The van der Waals surface area contributed by atoms with E-state index >= 15 is 0 Å². The zero-order valence-electron chi connectivity index (χ0n) is 18.4. The molecule has 2 aliphatic rings. The number of benzene rings is 1. The molecule has 0 aliphatic carbocycles. The zero-order chi connectivity index (χ0) is 22.1. The topological polar surface area (TPSA) is 39.0 Å². The molecule has 2 saturated heterocycles. The van der Waals surface area contributed by atoms with E-state index in [4.69, 9.17) is 0 Å². The van der Waals surface area contributed by atoms with Gasteiger partial charge in [0.05, 0.1) is 17.2 Å². The maximum atomic E-state index is 13.2. The molecule has 170 valence electrons. The standard InChI is InChI=1S/C24H30F2N6/c1-2-29-11-13-30(14-12-29)20-5-3-18(4-6-20)19-15-23-22(7-8-28-32(23)16-19)31-10-9-27-21(17-31)24(25)26/h3-8,15-16,21,24,27H,2,9-14,17H2,1H3. The number of halogens is 2. The van der Waals surface area contributed by atoms with Gasteiger partial charge in [0, 0.05) is 69.5 Å². The quantitative estimate of drug-likeness (QED) is 0.660. The maximum absolute atomic E-state index is 13.2. The molecule has 1 atom stereocenters. The first kappa shape index (κ1) is 21.2. The molecule has 8 heteroatoms. The lowest BCUT2D eigenvalue weighted by Gasteiger charge is -2.35. The van der Waals surface area contributed by atoms with Gasteiger partial charge < -0.3 is 20.0 Å². The van der Waals surface area contributed by atoms with Gasteiger partial charge >= 0.3 is 0 Å². The van der Waals surface area contributed by atoms with Crippen LogP contribution in [0, 0.1) is 0 Å². The van der Waals surface area contributed by atoms with Gasteiger partial charge in [0.1, 0.15) is 0 Å². The van der Waals surface area contributed by atoms with Crippen LogP contribution in [-0.4, -0.2) is 79.3 Å². The van der Waals surface area contributed by atoms with Gasteiger partial charge in [-0.15, -0.1) is 0 Å². The van der Waals surface area contributed by atoms with Gasteiger partial charge in [-0.1, -0.05) is 19.1 Å². The molecule has 6 nitrogen and oxygen atoms in total. The monoisotopic (exact) mass is 440 g/mol. The summed E-state index contributed by atoms with van der Waals surface area (Å²) in [6.07, 6.45) is 1.38. The number of aromatic nitrogens is 2. The number of piperazine rings is 2. The minimum atomic E-state index is -2.37. The van der Waals surface area contributed by atoms with E-state index in [0.29, 0.717) is 13.1 Å². The van der Waals surface area contributed by atoms with Crippen LogP contribution in [-0.2, 0) is 0 Å². The number of alkyl halides is 2. The van der Waals surface area contributed by atoms with Crippen LogP contribution in [0.5, 0.6) is 0 Å². The minimum absolute atomic E-state index is 0.290. The Morgan fingerprint density at radius 1 is 1.00 bits per heavy atom. The summed E-state index contributed by atoms with van der Waals surface area (Å²) in [5.74, 6) is 0. The average molecular weight is 441 g/mol. The van der Waals surface area contributed by atoms with Crippen LogP contribution in [0.4, 0.5) is 20.2 Å². The highest BCUT2D eigenvalue weighted by Gasteiger charge is 2.27. The van der Waals surface area contributed by atoms with Gasteiger partial charge in [0.15, 0.2) is 0 Å². The Bertz CT molecular complexity index is 1040. The summed E-state index contributed by atoms with van der Waals surface area (Å²) in [5, 5.41) is 7.37. The molecule has 2 aliphatic heterocycles. The molecule has 0 radical (unpaired) electrons. The number of anilines is 2. The molecule has 1 N–H and O–H groups in total. The molecule has 0 bridgehead atoms. The summed E-state index contributed by atoms with van der Waals surface area (Å²) in [6.45, 7) is 9.19. The molecule has 0 spiro atoms. The second kappa shape index (κ2) is 9.03. The highest BCUT2D eigenvalue weighted by molar-refractivity contribution is 5.80. The molecule has 0 saturated carbocycles. The number of nitrogens with one attached hydrogen (secondary N) is 1. The van der Waals surface area contributed by atoms with E-state index in [1.807, 2.05) is 21.7 Å². The molecular weight excluding hydrogens is 410 g/mol. The van der Waals surface area contributed by atoms with Crippen molar-refractivity contribution in [2.24, 2.45) is 0 Å². The van der Waals surface area contributed by atoms with Crippen molar-refractivity contribution >= 4 is 16.9 Å². The van der Waals surface area contributed by atoms with Crippen molar-refractivity contribution in [3.8, 4) is 11.1 Å². The van der Waals surface area contributed by atoms with Crippen molar-refractivity contribution in [2.45, 2.75) is 19.4 Å². The van der Waals surface area contributed by atoms with Crippen molar-refractivity contribution in [3.05, 3.63) is 48.8 Å². The van der Waals surface area contributed by atoms with Crippen molar-refractivity contribution < 1.29 is 8.78 Å². The Morgan fingerprint density at radius 3 is 2.50 bits per heavy atom. The van der Waals surface area contributed by atoms with Crippen LogP contribution in [0.25, 0.3) is 16.6 Å². The van der Waals surface area contributed by atoms with Crippen LogP contribution in [0.15, 0.2) is 48.8 Å². The summed E-state index contributed by atoms with van der Waals surface area (Å²) < 4.78 is 28.3. The fourth-order valence-corrected chi connectivity index (χ4v) is 4.78. The fourth-order valence-electron chi connectivity index (χ4n) is 4.78. The molecule has 1 aromatic carbocycles. The third-order valence-electron chi connectivity index (χ3n) is 6.72. The summed E-state index contributed by atoms with van der Waals surface area (Å²) in [6, 6.07) is 11.9. The number of rotatable bonds is 5. The number of nitrogens with zero attached hydrogens (tertiary/aromatic N) is 5. The van der Waals surface area contributed by atoms with Gasteiger partial charge in [-0.25, -0.2) is 13.3 Å². The van der Waals surface area contributed by atoms with Gasteiger partial charge in [0.2, 0.25) is 0 Å². The summed E-state index contributed by atoms with van der Waals surface area (Å²) in [4.78, 5) is 6.95.